The highest BCUT2D eigenvalue weighted by Gasteiger charge is 2.48. The number of hydrogen-bond donors (Lipinski definition) is 3. The van der Waals surface area contributed by atoms with Gasteiger partial charge in [-0.15, -0.1) is 0 Å². The van der Waals surface area contributed by atoms with Crippen molar-refractivity contribution in [1.82, 2.24) is 5.32 Å². The van der Waals surface area contributed by atoms with E-state index in [0.717, 1.165) is 0 Å². The largest absolute Gasteiger partial charge is 0.481 e. The molecule has 1 aliphatic carbocycles. The summed E-state index contributed by atoms with van der Waals surface area (Å²) in [4.78, 5) is 21.6. The van der Waals surface area contributed by atoms with E-state index in [1.165, 1.54) is 0 Å². The number of primary sulfonamides is 1. The second-order valence-electron chi connectivity index (χ2n) is 3.44. The smallest absolute Gasteiger partial charge is 0.307 e. The number of nitrogens with two attached hydrogens (primary N) is 1. The van der Waals surface area contributed by atoms with Crippen molar-refractivity contribution >= 4 is 21.9 Å². The summed E-state index contributed by atoms with van der Waals surface area (Å²) in [5.74, 6) is -2.92. The van der Waals surface area contributed by atoms with Gasteiger partial charge in [0.1, 0.15) is 0 Å². The Morgan fingerprint density at radius 3 is 2.40 bits per heavy atom. The van der Waals surface area contributed by atoms with Crippen LogP contribution in [0.1, 0.15) is 6.42 Å². The van der Waals surface area contributed by atoms with Crippen molar-refractivity contribution in [2.24, 2.45) is 17.0 Å². The summed E-state index contributed by atoms with van der Waals surface area (Å²) in [5.41, 5.74) is 0. The van der Waals surface area contributed by atoms with Gasteiger partial charge in [0.05, 0.1) is 17.6 Å². The summed E-state index contributed by atoms with van der Waals surface area (Å²) in [7, 11) is -3.59. The minimum absolute atomic E-state index is 0.0828. The van der Waals surface area contributed by atoms with E-state index in [0.29, 0.717) is 6.42 Å². The number of carboxylic acid groups (broad SMARTS) is 1. The van der Waals surface area contributed by atoms with Gasteiger partial charge >= 0.3 is 5.97 Å². The van der Waals surface area contributed by atoms with Crippen LogP contribution in [0.4, 0.5) is 0 Å². The van der Waals surface area contributed by atoms with E-state index in [2.05, 4.69) is 5.32 Å². The van der Waals surface area contributed by atoms with E-state index in [-0.39, 0.29) is 12.3 Å². The van der Waals surface area contributed by atoms with Crippen LogP contribution in [0.15, 0.2) is 0 Å². The fraction of sp³-hybridized carbons (Fsp3) is 0.714. The molecule has 1 rings (SSSR count). The zero-order valence-corrected chi connectivity index (χ0v) is 8.66. The summed E-state index contributed by atoms with van der Waals surface area (Å²) >= 11 is 0. The molecule has 7 nitrogen and oxygen atoms in total. The lowest BCUT2D eigenvalue weighted by atomic mass is 10.3. The van der Waals surface area contributed by atoms with Crippen molar-refractivity contribution in [3.63, 3.8) is 0 Å². The molecule has 8 heteroatoms. The molecule has 4 N–H and O–H groups in total. The Balaban J connectivity index is 2.25. The number of carbonyl (C=O) groups excluding carboxylic acids is 1. The van der Waals surface area contributed by atoms with Crippen molar-refractivity contribution in [3.8, 4) is 0 Å². The van der Waals surface area contributed by atoms with Gasteiger partial charge < -0.3 is 10.4 Å². The van der Waals surface area contributed by atoms with Crippen LogP contribution in [-0.4, -0.2) is 37.7 Å². The maximum absolute atomic E-state index is 11.2. The number of carboxylic acids is 1. The van der Waals surface area contributed by atoms with Crippen LogP contribution >= 0.6 is 0 Å². The predicted molar refractivity (Wildman–Crippen MR) is 50.2 cm³/mol. The fourth-order valence-corrected chi connectivity index (χ4v) is 1.59. The van der Waals surface area contributed by atoms with E-state index >= 15 is 0 Å². The van der Waals surface area contributed by atoms with E-state index in [1.807, 2.05) is 0 Å². The van der Waals surface area contributed by atoms with Crippen molar-refractivity contribution in [1.29, 1.82) is 0 Å². The Bertz CT molecular complexity index is 377. The number of nitrogens with one attached hydrogen (secondary N) is 1. The third-order valence-electron chi connectivity index (χ3n) is 2.13. The Hall–Kier alpha value is -1.15. The number of hydrogen-bond acceptors (Lipinski definition) is 4. The summed E-state index contributed by atoms with van der Waals surface area (Å²) in [6, 6.07) is 0. The first-order valence-electron chi connectivity index (χ1n) is 4.32. The zero-order valence-electron chi connectivity index (χ0n) is 7.84. The summed E-state index contributed by atoms with van der Waals surface area (Å²) in [6.07, 6.45) is 0.316. The topological polar surface area (TPSA) is 127 Å². The van der Waals surface area contributed by atoms with Gasteiger partial charge in [-0.1, -0.05) is 0 Å². The highest BCUT2D eigenvalue weighted by molar-refractivity contribution is 7.89. The molecule has 2 atom stereocenters. The van der Waals surface area contributed by atoms with Crippen molar-refractivity contribution in [3.05, 3.63) is 0 Å². The molecule has 0 aromatic rings. The molecule has 1 fully saturated rings. The van der Waals surface area contributed by atoms with Gasteiger partial charge in [-0.25, -0.2) is 13.6 Å². The van der Waals surface area contributed by atoms with Gasteiger partial charge in [-0.2, -0.15) is 0 Å². The van der Waals surface area contributed by atoms with Crippen LogP contribution < -0.4 is 10.5 Å². The number of carbonyl (C=O) groups is 2. The van der Waals surface area contributed by atoms with Crippen LogP contribution in [0.3, 0.4) is 0 Å². The zero-order chi connectivity index (χ0) is 11.6. The lowest BCUT2D eigenvalue weighted by Crippen LogP contribution is -2.33. The van der Waals surface area contributed by atoms with Gasteiger partial charge in [-0.05, 0) is 6.42 Å². The molecule has 0 aromatic heterocycles. The molecule has 0 radical (unpaired) electrons. The molecule has 1 amide bonds. The maximum Gasteiger partial charge on any atom is 0.307 e. The molecular weight excluding hydrogens is 224 g/mol. The number of aliphatic carboxylic acids is 1. The number of amides is 1. The number of rotatable bonds is 5. The molecule has 86 valence electrons. The third-order valence-corrected chi connectivity index (χ3v) is 2.90. The molecule has 0 bridgehead atoms. The van der Waals surface area contributed by atoms with Crippen molar-refractivity contribution in [2.45, 2.75) is 6.42 Å². The van der Waals surface area contributed by atoms with Crippen LogP contribution in [0.5, 0.6) is 0 Å². The summed E-state index contributed by atoms with van der Waals surface area (Å²) in [5, 5.41) is 15.6. The summed E-state index contributed by atoms with van der Waals surface area (Å²) in [6.45, 7) is -0.0828. The van der Waals surface area contributed by atoms with Crippen LogP contribution in [0.2, 0.25) is 0 Å². The highest BCUT2D eigenvalue weighted by Crippen LogP contribution is 2.38. The molecule has 2 unspecified atom stereocenters. The molecule has 0 aromatic carbocycles. The fourth-order valence-electron chi connectivity index (χ4n) is 1.21. The highest BCUT2D eigenvalue weighted by atomic mass is 32.2. The minimum atomic E-state index is -3.59. The van der Waals surface area contributed by atoms with Gasteiger partial charge in [-0.3, -0.25) is 9.59 Å². The SMILES string of the molecule is NS(=O)(=O)CCNC(=O)C1CC1C(=O)O. The van der Waals surface area contributed by atoms with Crippen molar-refractivity contribution < 1.29 is 23.1 Å². The molecule has 1 aliphatic rings. The molecule has 15 heavy (non-hydrogen) atoms. The Morgan fingerprint density at radius 1 is 1.40 bits per heavy atom. The average Bonchev–Trinajstić information content (AvgIpc) is 2.79. The maximum atomic E-state index is 11.2. The quantitative estimate of drug-likeness (QED) is 0.514. The lowest BCUT2D eigenvalue weighted by Gasteiger charge is -2.02. The Morgan fingerprint density at radius 2 is 2.00 bits per heavy atom. The Kier molecular flexibility index (Phi) is 3.30. The van der Waals surface area contributed by atoms with Crippen LogP contribution in [-0.2, 0) is 19.6 Å². The molecular formula is C7H12N2O5S. The van der Waals surface area contributed by atoms with Gasteiger partial charge in [0.25, 0.3) is 0 Å². The average molecular weight is 236 g/mol. The molecule has 0 saturated heterocycles. The van der Waals surface area contributed by atoms with Gasteiger partial charge in [0.15, 0.2) is 0 Å². The van der Waals surface area contributed by atoms with E-state index in [9.17, 15) is 18.0 Å². The number of sulfonamides is 1. The van der Waals surface area contributed by atoms with E-state index in [4.69, 9.17) is 10.2 Å². The second-order valence-corrected chi connectivity index (χ2v) is 5.18. The predicted octanol–water partition coefficient (Wildman–Crippen LogP) is -1.89. The van der Waals surface area contributed by atoms with Gasteiger partial charge in [0.2, 0.25) is 15.9 Å². The third kappa shape index (κ3) is 3.84. The van der Waals surface area contributed by atoms with Gasteiger partial charge in [0, 0.05) is 6.54 Å². The lowest BCUT2D eigenvalue weighted by molar-refractivity contribution is -0.140. The Labute approximate surface area is 86.7 Å². The first-order chi connectivity index (χ1) is 6.81. The van der Waals surface area contributed by atoms with E-state index in [1.54, 1.807) is 0 Å². The van der Waals surface area contributed by atoms with E-state index < -0.39 is 33.7 Å². The van der Waals surface area contributed by atoms with Crippen LogP contribution in [0.25, 0.3) is 0 Å². The minimum Gasteiger partial charge on any atom is -0.481 e. The molecule has 0 spiro atoms. The summed E-state index contributed by atoms with van der Waals surface area (Å²) < 4.78 is 21.0. The monoisotopic (exact) mass is 236 g/mol. The first kappa shape index (κ1) is 11.9. The van der Waals surface area contributed by atoms with Crippen LogP contribution in [0, 0.1) is 11.8 Å². The standard InChI is InChI=1S/C7H12N2O5S/c8-15(13,14)2-1-9-6(10)4-3-5(4)7(11)12/h4-5H,1-3H2,(H,9,10)(H,11,12)(H2,8,13,14). The molecule has 0 heterocycles. The molecule has 1 saturated carbocycles. The van der Waals surface area contributed by atoms with Crippen molar-refractivity contribution in [2.75, 3.05) is 12.3 Å². The normalized spacial score (nSPS) is 24.6. The second kappa shape index (κ2) is 4.15. The first-order valence-corrected chi connectivity index (χ1v) is 6.04. The molecule has 0 aliphatic heterocycles.